The molecule has 1 aromatic rings. The average molecular weight is 478 g/mol. The van der Waals surface area contributed by atoms with Crippen LogP contribution in [0.25, 0.3) is 0 Å². The van der Waals surface area contributed by atoms with Crippen LogP contribution < -0.4 is 27.0 Å². The van der Waals surface area contributed by atoms with Crippen molar-refractivity contribution in [2.75, 3.05) is 11.9 Å². The topological polar surface area (TPSA) is 169 Å². The Balaban J connectivity index is 2.89. The summed E-state index contributed by atoms with van der Waals surface area (Å²) in [5.74, 6) is -1.78. The molecular weight excluding hydrogens is 442 g/mol. The molecule has 0 saturated carbocycles. The number of primary amides is 1. The van der Waals surface area contributed by atoms with Gasteiger partial charge in [0.2, 0.25) is 17.7 Å². The van der Waals surface area contributed by atoms with E-state index in [-0.39, 0.29) is 37.8 Å². The summed E-state index contributed by atoms with van der Waals surface area (Å²) in [5.41, 5.74) is 6.31. The lowest BCUT2D eigenvalue weighted by molar-refractivity contribution is -0.142. The molecule has 1 rings (SSSR count). The predicted molar refractivity (Wildman–Crippen MR) is 126 cm³/mol. The number of ether oxygens (including phenoxy) is 1. The molecule has 2 atom stereocenters. The summed E-state index contributed by atoms with van der Waals surface area (Å²) in [7, 11) is 0. The number of nitrogens with two attached hydrogens (primary N) is 1. The Hall–Kier alpha value is -3.63. The van der Waals surface area contributed by atoms with Crippen molar-refractivity contribution in [2.45, 2.75) is 65.6 Å². The Bertz CT molecular complexity index is 856. The van der Waals surface area contributed by atoms with Crippen molar-refractivity contribution in [3.63, 3.8) is 0 Å². The SMILES string of the molecule is CCC(=O)NC(C(=O)NC(CCCNC(N)=O)C(=O)Nc1ccc(COC(C)=O)cc1)C(C)C. The van der Waals surface area contributed by atoms with Crippen molar-refractivity contribution in [1.29, 1.82) is 0 Å². The molecule has 11 heteroatoms. The molecule has 5 amide bonds. The Morgan fingerprint density at radius 3 is 2.18 bits per heavy atom. The zero-order valence-corrected chi connectivity index (χ0v) is 20.1. The second-order valence-corrected chi connectivity index (χ2v) is 8.10. The monoisotopic (exact) mass is 477 g/mol. The molecule has 0 saturated heterocycles. The van der Waals surface area contributed by atoms with Crippen molar-refractivity contribution in [3.05, 3.63) is 29.8 Å². The van der Waals surface area contributed by atoms with E-state index in [1.54, 1.807) is 45.0 Å². The number of anilines is 1. The molecule has 188 valence electrons. The third-order valence-electron chi connectivity index (χ3n) is 4.85. The fraction of sp³-hybridized carbons (Fsp3) is 0.522. The zero-order valence-electron chi connectivity index (χ0n) is 20.1. The average Bonchev–Trinajstić information content (AvgIpc) is 2.78. The first-order valence-electron chi connectivity index (χ1n) is 11.2. The summed E-state index contributed by atoms with van der Waals surface area (Å²) in [6, 6.07) is 4.33. The molecule has 2 unspecified atom stereocenters. The van der Waals surface area contributed by atoms with Crippen LogP contribution in [0.2, 0.25) is 0 Å². The van der Waals surface area contributed by atoms with Crippen LogP contribution in [-0.2, 0) is 30.5 Å². The first-order valence-corrected chi connectivity index (χ1v) is 11.2. The quantitative estimate of drug-likeness (QED) is 0.211. The highest BCUT2D eigenvalue weighted by atomic mass is 16.5. The molecular formula is C23H35N5O6. The fourth-order valence-corrected chi connectivity index (χ4v) is 2.96. The van der Waals surface area contributed by atoms with Gasteiger partial charge in [-0.2, -0.15) is 0 Å². The van der Waals surface area contributed by atoms with Gasteiger partial charge in [0.25, 0.3) is 0 Å². The van der Waals surface area contributed by atoms with Gasteiger partial charge in [-0.3, -0.25) is 19.2 Å². The predicted octanol–water partition coefficient (Wildman–Crippen LogP) is 1.17. The number of amides is 5. The molecule has 0 aliphatic heterocycles. The van der Waals surface area contributed by atoms with Gasteiger partial charge in [0.15, 0.2) is 0 Å². The lowest BCUT2D eigenvalue weighted by atomic mass is 10.0. The molecule has 0 aliphatic carbocycles. The van der Waals surface area contributed by atoms with Gasteiger partial charge in [0, 0.05) is 25.6 Å². The minimum atomic E-state index is -0.914. The number of benzene rings is 1. The number of urea groups is 1. The molecule has 0 fully saturated rings. The van der Waals surface area contributed by atoms with Gasteiger partial charge in [0.05, 0.1) is 0 Å². The van der Waals surface area contributed by atoms with Crippen molar-refractivity contribution in [3.8, 4) is 0 Å². The van der Waals surface area contributed by atoms with Crippen LogP contribution in [0.3, 0.4) is 0 Å². The van der Waals surface area contributed by atoms with E-state index in [2.05, 4.69) is 21.3 Å². The van der Waals surface area contributed by atoms with Crippen molar-refractivity contribution < 1.29 is 28.7 Å². The van der Waals surface area contributed by atoms with Gasteiger partial charge < -0.3 is 31.7 Å². The number of hydrogen-bond donors (Lipinski definition) is 5. The lowest BCUT2D eigenvalue weighted by Gasteiger charge is -2.25. The molecule has 0 heterocycles. The number of carbonyl (C=O) groups is 5. The number of rotatable bonds is 13. The number of hydrogen-bond acceptors (Lipinski definition) is 6. The van der Waals surface area contributed by atoms with Gasteiger partial charge in [-0.1, -0.05) is 32.9 Å². The van der Waals surface area contributed by atoms with E-state index in [9.17, 15) is 24.0 Å². The van der Waals surface area contributed by atoms with Crippen LogP contribution in [-0.4, -0.2) is 48.4 Å². The third kappa shape index (κ3) is 10.8. The number of carbonyl (C=O) groups excluding carboxylic acids is 5. The molecule has 34 heavy (non-hydrogen) atoms. The summed E-state index contributed by atoms with van der Waals surface area (Å²) in [4.78, 5) is 59.5. The molecule has 1 aromatic carbocycles. The minimum absolute atomic E-state index is 0.120. The first kappa shape index (κ1) is 28.4. The van der Waals surface area contributed by atoms with Gasteiger partial charge in [-0.05, 0) is 36.5 Å². The van der Waals surface area contributed by atoms with Crippen LogP contribution in [0.4, 0.5) is 10.5 Å². The van der Waals surface area contributed by atoms with E-state index in [1.807, 2.05) is 0 Å². The van der Waals surface area contributed by atoms with Crippen LogP contribution in [0.15, 0.2) is 24.3 Å². The summed E-state index contributed by atoms with van der Waals surface area (Å²) in [6.45, 7) is 6.95. The van der Waals surface area contributed by atoms with E-state index < -0.39 is 35.9 Å². The normalized spacial score (nSPS) is 12.3. The first-order chi connectivity index (χ1) is 16.0. The van der Waals surface area contributed by atoms with Gasteiger partial charge >= 0.3 is 12.0 Å². The maximum Gasteiger partial charge on any atom is 0.312 e. The van der Waals surface area contributed by atoms with E-state index in [0.29, 0.717) is 12.1 Å². The van der Waals surface area contributed by atoms with Crippen LogP contribution in [0, 0.1) is 5.92 Å². The van der Waals surface area contributed by atoms with Gasteiger partial charge in [-0.15, -0.1) is 0 Å². The lowest BCUT2D eigenvalue weighted by Crippen LogP contribution is -2.54. The summed E-state index contributed by atoms with van der Waals surface area (Å²) in [5, 5.41) is 10.6. The standard InChI is InChI=1S/C23H35N5O6/c1-5-19(30)28-20(14(2)3)22(32)27-18(7-6-12-25-23(24)33)21(31)26-17-10-8-16(9-11-17)13-34-15(4)29/h8-11,14,18,20H,5-7,12-13H2,1-4H3,(H,26,31)(H,27,32)(H,28,30)(H3,24,25,33). The van der Waals surface area contributed by atoms with E-state index >= 15 is 0 Å². The van der Waals surface area contributed by atoms with Gasteiger partial charge in [-0.25, -0.2) is 4.79 Å². The molecule has 0 aliphatic rings. The third-order valence-corrected chi connectivity index (χ3v) is 4.85. The highest BCUT2D eigenvalue weighted by Gasteiger charge is 2.28. The van der Waals surface area contributed by atoms with Crippen molar-refractivity contribution in [1.82, 2.24) is 16.0 Å². The van der Waals surface area contributed by atoms with E-state index in [1.165, 1.54) is 6.92 Å². The second kappa shape index (κ2) is 14.5. The Morgan fingerprint density at radius 2 is 1.65 bits per heavy atom. The summed E-state index contributed by atoms with van der Waals surface area (Å²) >= 11 is 0. The maximum absolute atomic E-state index is 13.0. The van der Waals surface area contributed by atoms with Crippen LogP contribution in [0.5, 0.6) is 0 Å². The maximum atomic E-state index is 13.0. The molecule has 11 nitrogen and oxygen atoms in total. The van der Waals surface area contributed by atoms with Crippen molar-refractivity contribution >= 4 is 35.4 Å². The molecule has 0 radical (unpaired) electrons. The minimum Gasteiger partial charge on any atom is -0.461 e. The Kier molecular flexibility index (Phi) is 12.1. The Morgan fingerprint density at radius 1 is 1.00 bits per heavy atom. The molecule has 6 N–H and O–H groups in total. The highest BCUT2D eigenvalue weighted by Crippen LogP contribution is 2.12. The highest BCUT2D eigenvalue weighted by molar-refractivity contribution is 5.98. The smallest absolute Gasteiger partial charge is 0.312 e. The molecule has 0 aromatic heterocycles. The number of nitrogens with one attached hydrogen (secondary N) is 4. The van der Waals surface area contributed by atoms with E-state index in [0.717, 1.165) is 5.56 Å². The Labute approximate surface area is 199 Å². The van der Waals surface area contributed by atoms with E-state index in [4.69, 9.17) is 10.5 Å². The second-order valence-electron chi connectivity index (χ2n) is 8.10. The zero-order chi connectivity index (χ0) is 25.7. The van der Waals surface area contributed by atoms with Crippen LogP contribution >= 0.6 is 0 Å². The molecule has 0 bridgehead atoms. The largest absolute Gasteiger partial charge is 0.461 e. The van der Waals surface area contributed by atoms with Crippen LogP contribution in [0.1, 0.15) is 52.5 Å². The fourth-order valence-electron chi connectivity index (χ4n) is 2.96. The summed E-state index contributed by atoms with van der Waals surface area (Å²) < 4.78 is 4.94. The molecule has 0 spiro atoms. The van der Waals surface area contributed by atoms with Gasteiger partial charge in [0.1, 0.15) is 18.7 Å². The number of esters is 1. The van der Waals surface area contributed by atoms with Crippen molar-refractivity contribution in [2.24, 2.45) is 11.7 Å². The summed E-state index contributed by atoms with van der Waals surface area (Å²) in [6.07, 6.45) is 0.845.